The van der Waals surface area contributed by atoms with Gasteiger partial charge in [0.15, 0.2) is 5.84 Å². The smallest absolute Gasteiger partial charge is 0.248 e. The number of hydrogen-bond acceptors (Lipinski definition) is 5. The van der Waals surface area contributed by atoms with Crippen LogP contribution in [0.4, 0.5) is 0 Å². The van der Waals surface area contributed by atoms with Gasteiger partial charge in [-0.2, -0.15) is 0 Å². The molecule has 1 atom stereocenters. The molecule has 0 fully saturated rings. The van der Waals surface area contributed by atoms with Crippen LogP contribution in [0.1, 0.15) is 5.56 Å². The van der Waals surface area contributed by atoms with Crippen LogP contribution in [-0.2, 0) is 4.74 Å². The van der Waals surface area contributed by atoms with Crippen LogP contribution in [0.3, 0.4) is 0 Å². The topological polar surface area (TPSA) is 66.2 Å². The normalized spacial score (nSPS) is 19.7. The number of hydroxylamine groups is 1. The molecule has 0 radical (unpaired) electrons. The van der Waals surface area contributed by atoms with Crippen LogP contribution in [0.25, 0.3) is 0 Å². The van der Waals surface area contributed by atoms with Gasteiger partial charge in [-0.25, -0.2) is 9.98 Å². The third kappa shape index (κ3) is 1.88. The van der Waals surface area contributed by atoms with Gasteiger partial charge in [0, 0.05) is 12.7 Å². The van der Waals surface area contributed by atoms with Gasteiger partial charge >= 0.3 is 0 Å². The zero-order valence-corrected chi connectivity index (χ0v) is 8.21. The number of benzene rings is 1. The van der Waals surface area contributed by atoms with E-state index in [2.05, 4.69) is 9.98 Å². The molecule has 0 saturated heterocycles. The summed E-state index contributed by atoms with van der Waals surface area (Å²) in [4.78, 5) is 8.21. The third-order valence-electron chi connectivity index (χ3n) is 2.07. The van der Waals surface area contributed by atoms with E-state index in [1.165, 1.54) is 7.11 Å². The van der Waals surface area contributed by atoms with Gasteiger partial charge in [-0.05, 0) is 0 Å². The van der Waals surface area contributed by atoms with E-state index in [9.17, 15) is 0 Å². The second-order valence-corrected chi connectivity index (χ2v) is 3.00. The molecule has 0 aromatic heterocycles. The maximum absolute atomic E-state index is 8.89. The number of nitrogens with one attached hydrogen (secondary N) is 1. The lowest BCUT2D eigenvalue weighted by atomic mass is 10.1. The van der Waals surface area contributed by atoms with Gasteiger partial charge in [-0.3, -0.25) is 10.7 Å². The first-order valence-electron chi connectivity index (χ1n) is 4.49. The van der Waals surface area contributed by atoms with Gasteiger partial charge in [0.2, 0.25) is 6.35 Å². The average Bonchev–Trinajstić information content (AvgIpc) is 2.73. The number of hydrogen-bond donors (Lipinski definition) is 2. The first-order chi connectivity index (χ1) is 7.35. The molecule has 0 saturated carbocycles. The Morgan fingerprint density at radius 1 is 1.27 bits per heavy atom. The van der Waals surface area contributed by atoms with Crippen molar-refractivity contribution >= 4 is 11.5 Å². The number of ether oxygens (including phenoxy) is 1. The fraction of sp³-hybridized carbons (Fsp3) is 0.200. The van der Waals surface area contributed by atoms with Crippen molar-refractivity contribution in [3.8, 4) is 0 Å². The molecule has 0 amide bonds. The Balaban J connectivity index is 2.34. The van der Waals surface area contributed by atoms with Gasteiger partial charge in [0.1, 0.15) is 5.71 Å². The third-order valence-corrected chi connectivity index (χ3v) is 2.07. The summed E-state index contributed by atoms with van der Waals surface area (Å²) in [5.41, 5.74) is 3.50. The van der Waals surface area contributed by atoms with E-state index in [1.807, 2.05) is 35.8 Å². The second-order valence-electron chi connectivity index (χ2n) is 3.00. The molecule has 1 aliphatic heterocycles. The predicted octanol–water partition coefficient (Wildman–Crippen LogP) is 0.797. The zero-order valence-electron chi connectivity index (χ0n) is 8.21. The largest absolute Gasteiger partial charge is 0.341 e. The van der Waals surface area contributed by atoms with Crippen molar-refractivity contribution in [1.82, 2.24) is 5.48 Å². The first kappa shape index (κ1) is 9.82. The predicted molar refractivity (Wildman–Crippen MR) is 56.1 cm³/mol. The SMILES string of the molecule is COC1N=C(NO)C(c2ccccc2)=N1. The molecule has 0 bridgehead atoms. The van der Waals surface area contributed by atoms with Gasteiger partial charge in [-0.1, -0.05) is 30.3 Å². The molecule has 1 aliphatic rings. The summed E-state index contributed by atoms with van der Waals surface area (Å²) >= 11 is 0. The number of amidine groups is 1. The monoisotopic (exact) mass is 205 g/mol. The summed E-state index contributed by atoms with van der Waals surface area (Å²) in [5.74, 6) is 0.327. The lowest BCUT2D eigenvalue weighted by Gasteiger charge is -2.02. The minimum atomic E-state index is -0.574. The molecule has 1 aromatic carbocycles. The molecule has 2 N–H and O–H groups in total. The van der Waals surface area contributed by atoms with Gasteiger partial charge in [-0.15, -0.1) is 0 Å². The van der Waals surface area contributed by atoms with Crippen LogP contribution in [0.2, 0.25) is 0 Å². The Morgan fingerprint density at radius 2 is 2.00 bits per heavy atom. The van der Waals surface area contributed by atoms with Crippen molar-refractivity contribution in [2.45, 2.75) is 6.35 Å². The van der Waals surface area contributed by atoms with E-state index in [-0.39, 0.29) is 0 Å². The molecule has 0 aliphatic carbocycles. The van der Waals surface area contributed by atoms with Gasteiger partial charge < -0.3 is 4.74 Å². The Kier molecular flexibility index (Phi) is 2.75. The van der Waals surface area contributed by atoms with Crippen molar-refractivity contribution in [3.05, 3.63) is 35.9 Å². The van der Waals surface area contributed by atoms with Gasteiger partial charge in [0.05, 0.1) is 0 Å². The van der Waals surface area contributed by atoms with E-state index in [0.717, 1.165) is 5.56 Å². The standard InChI is InChI=1S/C10H11N3O2/c1-15-10-11-8(9(12-10)13-14)7-5-3-2-4-6-7/h2-6,10,14H,1H3,(H,12,13). The average molecular weight is 205 g/mol. The molecular weight excluding hydrogens is 194 g/mol. The molecule has 15 heavy (non-hydrogen) atoms. The van der Waals surface area contributed by atoms with E-state index in [0.29, 0.717) is 11.5 Å². The lowest BCUT2D eigenvalue weighted by Crippen LogP contribution is -2.26. The minimum Gasteiger partial charge on any atom is -0.341 e. The highest BCUT2D eigenvalue weighted by Crippen LogP contribution is 2.11. The highest BCUT2D eigenvalue weighted by atomic mass is 16.5. The van der Waals surface area contributed by atoms with Crippen LogP contribution in [-0.4, -0.2) is 30.2 Å². The van der Waals surface area contributed by atoms with Crippen LogP contribution in [0.5, 0.6) is 0 Å². The number of rotatable bonds is 2. The Labute approximate surface area is 87.1 Å². The Morgan fingerprint density at radius 3 is 2.60 bits per heavy atom. The summed E-state index contributed by atoms with van der Waals surface area (Å²) in [5, 5.41) is 8.89. The van der Waals surface area contributed by atoms with Gasteiger partial charge in [0.25, 0.3) is 0 Å². The first-order valence-corrected chi connectivity index (χ1v) is 4.49. The molecule has 5 heteroatoms. The Hall–Kier alpha value is -1.72. The fourth-order valence-electron chi connectivity index (χ4n) is 1.37. The van der Waals surface area contributed by atoms with E-state index >= 15 is 0 Å². The van der Waals surface area contributed by atoms with Crippen molar-refractivity contribution in [2.75, 3.05) is 7.11 Å². The molecule has 5 nitrogen and oxygen atoms in total. The summed E-state index contributed by atoms with van der Waals surface area (Å²) in [6.45, 7) is 0. The van der Waals surface area contributed by atoms with Crippen molar-refractivity contribution in [1.29, 1.82) is 0 Å². The van der Waals surface area contributed by atoms with E-state index in [4.69, 9.17) is 9.94 Å². The lowest BCUT2D eigenvalue weighted by molar-refractivity contribution is 0.120. The van der Waals surface area contributed by atoms with Crippen LogP contribution >= 0.6 is 0 Å². The fourth-order valence-corrected chi connectivity index (χ4v) is 1.37. The quantitative estimate of drug-likeness (QED) is 0.702. The van der Waals surface area contributed by atoms with Crippen molar-refractivity contribution in [3.63, 3.8) is 0 Å². The number of methoxy groups -OCH3 is 1. The van der Waals surface area contributed by atoms with Crippen molar-refractivity contribution in [2.24, 2.45) is 9.98 Å². The van der Waals surface area contributed by atoms with E-state index in [1.54, 1.807) is 0 Å². The summed E-state index contributed by atoms with van der Waals surface area (Å²) in [6.07, 6.45) is -0.574. The molecular formula is C10H11N3O2. The summed E-state index contributed by atoms with van der Waals surface area (Å²) in [6, 6.07) is 9.49. The Bertz CT molecular complexity index is 400. The maximum atomic E-state index is 8.89. The summed E-state index contributed by atoms with van der Waals surface area (Å²) in [7, 11) is 1.51. The second kappa shape index (κ2) is 4.20. The maximum Gasteiger partial charge on any atom is 0.248 e. The van der Waals surface area contributed by atoms with E-state index < -0.39 is 6.35 Å². The number of nitrogens with zero attached hydrogens (tertiary/aromatic N) is 2. The molecule has 1 heterocycles. The molecule has 1 unspecified atom stereocenters. The number of aliphatic imine (C=N–C) groups is 2. The molecule has 2 rings (SSSR count). The molecule has 78 valence electrons. The van der Waals surface area contributed by atoms with Crippen LogP contribution < -0.4 is 5.48 Å². The summed E-state index contributed by atoms with van der Waals surface area (Å²) < 4.78 is 4.97. The minimum absolute atomic E-state index is 0.327. The highest BCUT2D eigenvalue weighted by molar-refractivity contribution is 6.48. The zero-order chi connectivity index (χ0) is 10.7. The van der Waals surface area contributed by atoms with Crippen molar-refractivity contribution < 1.29 is 9.94 Å². The highest BCUT2D eigenvalue weighted by Gasteiger charge is 2.21. The van der Waals surface area contributed by atoms with Crippen LogP contribution in [0.15, 0.2) is 40.3 Å². The van der Waals surface area contributed by atoms with Crippen LogP contribution in [0, 0.1) is 0 Å². The molecule has 1 aromatic rings. The molecule has 0 spiro atoms.